The van der Waals surface area contributed by atoms with E-state index in [0.717, 1.165) is 19.4 Å². The van der Waals surface area contributed by atoms with E-state index in [9.17, 15) is 4.79 Å². The van der Waals surface area contributed by atoms with Crippen LogP contribution >= 0.6 is 0 Å². The molecule has 0 atom stereocenters. The van der Waals surface area contributed by atoms with E-state index < -0.39 is 6.09 Å². The maximum absolute atomic E-state index is 11.0. The van der Waals surface area contributed by atoms with Crippen molar-refractivity contribution in [3.8, 4) is 0 Å². The van der Waals surface area contributed by atoms with Crippen molar-refractivity contribution < 1.29 is 14.6 Å². The Bertz CT molecular complexity index is 657. The van der Waals surface area contributed by atoms with Gasteiger partial charge in [0, 0.05) is 43.8 Å². The average Bonchev–Trinajstić information content (AvgIpc) is 2.92. The summed E-state index contributed by atoms with van der Waals surface area (Å²) >= 11 is 0. The highest BCUT2D eigenvalue weighted by Gasteiger charge is 2.25. The average molecular weight is 302 g/mol. The summed E-state index contributed by atoms with van der Waals surface area (Å²) in [5.74, 6) is 0.435. The van der Waals surface area contributed by atoms with Gasteiger partial charge in [-0.3, -0.25) is 0 Å². The number of ether oxygens (including phenoxy) is 1. The van der Waals surface area contributed by atoms with E-state index in [2.05, 4.69) is 35.0 Å². The Balaban J connectivity index is 1.86. The Morgan fingerprint density at radius 3 is 2.73 bits per heavy atom. The maximum atomic E-state index is 11.0. The molecule has 1 saturated heterocycles. The summed E-state index contributed by atoms with van der Waals surface area (Å²) in [5.41, 5.74) is 2.58. The van der Waals surface area contributed by atoms with Gasteiger partial charge >= 0.3 is 6.09 Å². The third-order valence-corrected chi connectivity index (χ3v) is 4.56. The van der Waals surface area contributed by atoms with Crippen LogP contribution in [-0.4, -0.2) is 47.5 Å². The first-order valence-electron chi connectivity index (χ1n) is 7.75. The third-order valence-electron chi connectivity index (χ3n) is 4.56. The normalized spacial score (nSPS) is 16.3. The van der Waals surface area contributed by atoms with Gasteiger partial charge in [-0.05, 0) is 30.4 Å². The molecule has 0 unspecified atom stereocenters. The maximum Gasteiger partial charge on any atom is 0.407 e. The first-order valence-corrected chi connectivity index (χ1v) is 7.75. The second-order valence-electron chi connectivity index (χ2n) is 5.83. The quantitative estimate of drug-likeness (QED) is 0.944. The van der Waals surface area contributed by atoms with Crippen LogP contribution in [0.5, 0.6) is 0 Å². The van der Waals surface area contributed by atoms with Crippen molar-refractivity contribution in [2.75, 3.05) is 26.8 Å². The fourth-order valence-corrected chi connectivity index (χ4v) is 3.36. The standard InChI is InChI=1S/C17H22N2O3/c1-22-11-10-19-12-15(14-4-2-3-5-16(14)19)13-6-8-18(9-7-13)17(20)21/h2-5,12-13H,6-11H2,1H3,(H,20,21). The van der Waals surface area contributed by atoms with Crippen LogP contribution in [-0.2, 0) is 11.3 Å². The SMILES string of the molecule is COCCn1cc(C2CCN(C(=O)O)CC2)c2ccccc21. The lowest BCUT2D eigenvalue weighted by molar-refractivity contribution is 0.132. The highest BCUT2D eigenvalue weighted by Crippen LogP contribution is 2.34. The highest BCUT2D eigenvalue weighted by atomic mass is 16.5. The van der Waals surface area contributed by atoms with Crippen molar-refractivity contribution in [1.29, 1.82) is 0 Å². The van der Waals surface area contributed by atoms with E-state index >= 15 is 0 Å². The molecule has 2 heterocycles. The van der Waals surface area contributed by atoms with Gasteiger partial charge in [0.05, 0.1) is 6.61 Å². The predicted octanol–water partition coefficient (Wildman–Crippen LogP) is 3.15. The topological polar surface area (TPSA) is 54.7 Å². The van der Waals surface area contributed by atoms with Crippen LogP contribution < -0.4 is 0 Å². The lowest BCUT2D eigenvalue weighted by Gasteiger charge is -2.29. The number of aromatic nitrogens is 1. The summed E-state index contributed by atoms with van der Waals surface area (Å²) in [6.07, 6.45) is 3.21. The number of piperidine rings is 1. The van der Waals surface area contributed by atoms with E-state index in [0.29, 0.717) is 25.6 Å². The second-order valence-corrected chi connectivity index (χ2v) is 5.83. The first-order chi connectivity index (χ1) is 10.7. The molecule has 0 bridgehead atoms. The first kappa shape index (κ1) is 14.9. The number of para-hydroxylation sites is 1. The van der Waals surface area contributed by atoms with E-state index in [1.807, 2.05) is 0 Å². The number of benzene rings is 1. The highest BCUT2D eigenvalue weighted by molar-refractivity contribution is 5.84. The number of likely N-dealkylation sites (tertiary alicyclic amines) is 1. The van der Waals surface area contributed by atoms with E-state index in [4.69, 9.17) is 9.84 Å². The van der Waals surface area contributed by atoms with Gasteiger partial charge in [0.2, 0.25) is 0 Å². The van der Waals surface area contributed by atoms with Gasteiger partial charge in [-0.25, -0.2) is 4.79 Å². The van der Waals surface area contributed by atoms with Gasteiger partial charge in [0.25, 0.3) is 0 Å². The Labute approximate surface area is 130 Å². The molecule has 0 aliphatic carbocycles. The fourth-order valence-electron chi connectivity index (χ4n) is 3.36. The Hall–Kier alpha value is -2.01. The molecule has 1 aromatic carbocycles. The fraction of sp³-hybridized carbons (Fsp3) is 0.471. The molecular weight excluding hydrogens is 280 g/mol. The summed E-state index contributed by atoms with van der Waals surface area (Å²) in [4.78, 5) is 12.6. The molecule has 0 spiro atoms. The number of hydrogen-bond donors (Lipinski definition) is 1. The number of methoxy groups -OCH3 is 1. The summed E-state index contributed by atoms with van der Waals surface area (Å²) in [7, 11) is 1.72. The zero-order chi connectivity index (χ0) is 15.5. The van der Waals surface area contributed by atoms with E-state index in [-0.39, 0.29) is 0 Å². The number of carboxylic acid groups (broad SMARTS) is 1. The van der Waals surface area contributed by atoms with Gasteiger partial charge in [-0.15, -0.1) is 0 Å². The summed E-state index contributed by atoms with van der Waals surface area (Å²) in [6.45, 7) is 2.77. The lowest BCUT2D eigenvalue weighted by atomic mass is 9.89. The largest absolute Gasteiger partial charge is 0.465 e. The van der Waals surface area contributed by atoms with Crippen molar-refractivity contribution in [1.82, 2.24) is 9.47 Å². The van der Waals surface area contributed by atoms with Crippen LogP contribution in [0.3, 0.4) is 0 Å². The molecule has 118 valence electrons. The van der Waals surface area contributed by atoms with E-state index in [1.54, 1.807) is 7.11 Å². The van der Waals surface area contributed by atoms with Crippen LogP contribution in [0.25, 0.3) is 10.9 Å². The second kappa shape index (κ2) is 6.40. The monoisotopic (exact) mass is 302 g/mol. The molecule has 1 N–H and O–H groups in total. The molecule has 0 saturated carbocycles. The van der Waals surface area contributed by atoms with Crippen LogP contribution in [0.1, 0.15) is 24.3 Å². The predicted molar refractivity (Wildman–Crippen MR) is 85.4 cm³/mol. The van der Waals surface area contributed by atoms with Crippen LogP contribution in [0, 0.1) is 0 Å². The van der Waals surface area contributed by atoms with Gasteiger partial charge in [-0.1, -0.05) is 18.2 Å². The molecule has 5 nitrogen and oxygen atoms in total. The Kier molecular flexibility index (Phi) is 4.34. The summed E-state index contributed by atoms with van der Waals surface area (Å²) in [6, 6.07) is 8.43. The molecule has 1 aromatic heterocycles. The van der Waals surface area contributed by atoms with Crippen molar-refractivity contribution in [3.63, 3.8) is 0 Å². The molecule has 1 aliphatic heterocycles. The Morgan fingerprint density at radius 2 is 2.05 bits per heavy atom. The minimum Gasteiger partial charge on any atom is -0.465 e. The van der Waals surface area contributed by atoms with Gasteiger partial charge in [-0.2, -0.15) is 0 Å². The van der Waals surface area contributed by atoms with Gasteiger partial charge < -0.3 is 19.3 Å². The number of hydrogen-bond acceptors (Lipinski definition) is 2. The van der Waals surface area contributed by atoms with Gasteiger partial charge in [0.1, 0.15) is 0 Å². The van der Waals surface area contributed by atoms with Crippen molar-refractivity contribution >= 4 is 17.0 Å². The number of carbonyl (C=O) groups is 1. The molecular formula is C17H22N2O3. The molecule has 1 fully saturated rings. The summed E-state index contributed by atoms with van der Waals surface area (Å²) in [5, 5.41) is 10.4. The van der Waals surface area contributed by atoms with Crippen molar-refractivity contribution in [2.45, 2.75) is 25.3 Å². The van der Waals surface area contributed by atoms with Crippen molar-refractivity contribution in [2.24, 2.45) is 0 Å². The molecule has 5 heteroatoms. The summed E-state index contributed by atoms with van der Waals surface area (Å²) < 4.78 is 7.44. The smallest absolute Gasteiger partial charge is 0.407 e. The minimum absolute atomic E-state index is 0.435. The lowest BCUT2D eigenvalue weighted by Crippen LogP contribution is -2.36. The molecule has 2 aromatic rings. The third kappa shape index (κ3) is 2.81. The molecule has 0 radical (unpaired) electrons. The number of fused-ring (bicyclic) bond motifs is 1. The van der Waals surface area contributed by atoms with Crippen LogP contribution in [0.2, 0.25) is 0 Å². The Morgan fingerprint density at radius 1 is 1.32 bits per heavy atom. The number of amides is 1. The molecule has 1 aliphatic rings. The van der Waals surface area contributed by atoms with Crippen LogP contribution in [0.4, 0.5) is 4.79 Å². The van der Waals surface area contributed by atoms with Crippen LogP contribution in [0.15, 0.2) is 30.5 Å². The number of nitrogens with zero attached hydrogens (tertiary/aromatic N) is 2. The van der Waals surface area contributed by atoms with E-state index in [1.165, 1.54) is 21.4 Å². The molecule has 22 heavy (non-hydrogen) atoms. The van der Waals surface area contributed by atoms with Gasteiger partial charge in [0.15, 0.2) is 0 Å². The molecule has 3 rings (SSSR count). The molecule has 1 amide bonds. The minimum atomic E-state index is -0.805. The zero-order valence-electron chi connectivity index (χ0n) is 12.9. The zero-order valence-corrected chi connectivity index (χ0v) is 12.9. The number of rotatable bonds is 4. The van der Waals surface area contributed by atoms with Crippen molar-refractivity contribution in [3.05, 3.63) is 36.0 Å².